The van der Waals surface area contributed by atoms with Crippen LogP contribution in [0.4, 0.5) is 11.5 Å². The molecule has 9 heteroatoms. The van der Waals surface area contributed by atoms with Crippen LogP contribution in [0.15, 0.2) is 89.5 Å². The molecule has 9 nitrogen and oxygen atoms in total. The molecule has 0 atom stereocenters. The minimum atomic E-state index is -0.942. The van der Waals surface area contributed by atoms with Gasteiger partial charge in [0.15, 0.2) is 5.76 Å². The minimum Gasteiger partial charge on any atom is -0.496 e. The lowest BCUT2D eigenvalue weighted by Gasteiger charge is -2.32. The monoisotopic (exact) mass is 591 g/mol. The first-order valence-electron chi connectivity index (χ1n) is 14.5. The van der Waals surface area contributed by atoms with Gasteiger partial charge in [-0.15, -0.1) is 0 Å². The van der Waals surface area contributed by atoms with Gasteiger partial charge in [-0.25, -0.2) is 9.78 Å². The Labute approximate surface area is 255 Å². The Morgan fingerprint density at radius 3 is 2.59 bits per heavy atom. The van der Waals surface area contributed by atoms with Crippen LogP contribution in [0, 0.1) is 6.92 Å². The van der Waals surface area contributed by atoms with Crippen molar-refractivity contribution in [3.05, 3.63) is 108 Å². The summed E-state index contributed by atoms with van der Waals surface area (Å²) in [4.78, 5) is 31.2. The van der Waals surface area contributed by atoms with E-state index >= 15 is 0 Å². The molecule has 3 aromatic carbocycles. The van der Waals surface area contributed by atoms with Gasteiger partial charge in [0.1, 0.15) is 17.2 Å². The number of carboxylic acid groups (broad SMARTS) is 1. The number of carbonyl (C=O) groups is 2. The van der Waals surface area contributed by atoms with Crippen molar-refractivity contribution in [2.75, 3.05) is 30.4 Å². The number of aromatic carboxylic acids is 1. The number of nitrogens with one attached hydrogen (secondary N) is 1. The third-order valence-electron chi connectivity index (χ3n) is 7.99. The first kappa shape index (κ1) is 28.9. The Morgan fingerprint density at radius 1 is 1.02 bits per heavy atom. The van der Waals surface area contributed by atoms with Gasteiger partial charge >= 0.3 is 5.97 Å². The zero-order chi connectivity index (χ0) is 30.6. The summed E-state index contributed by atoms with van der Waals surface area (Å²) in [6, 6.07) is 24.3. The van der Waals surface area contributed by atoms with Crippen LogP contribution in [0.2, 0.25) is 0 Å². The summed E-state index contributed by atoms with van der Waals surface area (Å²) in [5.41, 5.74) is 5.04. The number of nitrogens with zero attached hydrogens (tertiary/aromatic N) is 2. The fourth-order valence-electron chi connectivity index (χ4n) is 5.58. The van der Waals surface area contributed by atoms with Gasteiger partial charge in [-0.05, 0) is 73.4 Å². The highest BCUT2D eigenvalue weighted by Crippen LogP contribution is 2.34. The lowest BCUT2D eigenvalue weighted by atomic mass is 10.0. The van der Waals surface area contributed by atoms with Gasteiger partial charge in [-0.2, -0.15) is 0 Å². The van der Waals surface area contributed by atoms with Crippen LogP contribution in [0.5, 0.6) is 5.75 Å². The van der Waals surface area contributed by atoms with Crippen molar-refractivity contribution in [1.82, 2.24) is 4.98 Å². The van der Waals surface area contributed by atoms with Crippen LogP contribution in [0.3, 0.4) is 0 Å². The van der Waals surface area contributed by atoms with Crippen molar-refractivity contribution < 1.29 is 28.6 Å². The number of hydrogen-bond donors (Lipinski definition) is 2. The van der Waals surface area contributed by atoms with Crippen LogP contribution in [-0.4, -0.2) is 48.3 Å². The Bertz CT molecular complexity index is 1810. The Hall–Kier alpha value is -5.15. The molecule has 1 aliphatic rings. The zero-order valence-corrected chi connectivity index (χ0v) is 24.6. The zero-order valence-electron chi connectivity index (χ0n) is 24.6. The summed E-state index contributed by atoms with van der Waals surface area (Å²) in [6.45, 7) is 3.84. The summed E-state index contributed by atoms with van der Waals surface area (Å²) >= 11 is 0. The number of aryl methyl sites for hydroxylation is 1. The highest BCUT2D eigenvalue weighted by atomic mass is 16.5. The van der Waals surface area contributed by atoms with Gasteiger partial charge in [0, 0.05) is 29.6 Å². The van der Waals surface area contributed by atoms with Gasteiger partial charge < -0.3 is 29.2 Å². The first-order valence-corrected chi connectivity index (χ1v) is 14.5. The SMILES string of the molecule is COc1ccccc1-c1ccc2oc(C(=O)Nc3ccc(N4CCC(OCc5cccc(C(=O)O)c5)CC4)nc3)c(C)c2c1. The molecular weight excluding hydrogens is 558 g/mol. The van der Waals surface area contributed by atoms with E-state index in [1.165, 1.54) is 0 Å². The lowest BCUT2D eigenvalue weighted by molar-refractivity contribution is 0.0250. The van der Waals surface area contributed by atoms with Gasteiger partial charge in [0.05, 0.1) is 37.3 Å². The molecule has 1 fully saturated rings. The minimum absolute atomic E-state index is 0.0937. The number of aromatic nitrogens is 1. The van der Waals surface area contributed by atoms with Gasteiger partial charge in [-0.3, -0.25) is 4.79 Å². The molecule has 0 unspecified atom stereocenters. The largest absolute Gasteiger partial charge is 0.496 e. The fourth-order valence-corrected chi connectivity index (χ4v) is 5.58. The molecule has 0 spiro atoms. The van der Waals surface area contributed by atoms with E-state index in [0.29, 0.717) is 17.9 Å². The molecule has 224 valence electrons. The number of carboxylic acids is 1. The number of piperidine rings is 1. The molecule has 2 N–H and O–H groups in total. The number of rotatable bonds is 9. The molecule has 5 aromatic rings. The average molecular weight is 592 g/mol. The quantitative estimate of drug-likeness (QED) is 0.189. The second-order valence-corrected chi connectivity index (χ2v) is 10.8. The molecule has 6 rings (SSSR count). The Kier molecular flexibility index (Phi) is 8.29. The van der Waals surface area contributed by atoms with Crippen molar-refractivity contribution in [2.45, 2.75) is 32.5 Å². The van der Waals surface area contributed by atoms with E-state index in [9.17, 15) is 14.7 Å². The number of para-hydroxylation sites is 1. The Morgan fingerprint density at radius 2 is 1.84 bits per heavy atom. The maximum absolute atomic E-state index is 13.2. The number of ether oxygens (including phenoxy) is 2. The van der Waals surface area contributed by atoms with Crippen LogP contribution >= 0.6 is 0 Å². The van der Waals surface area contributed by atoms with E-state index in [2.05, 4.69) is 15.2 Å². The summed E-state index contributed by atoms with van der Waals surface area (Å²) in [5.74, 6) is 0.596. The smallest absolute Gasteiger partial charge is 0.335 e. The van der Waals surface area contributed by atoms with E-state index in [-0.39, 0.29) is 23.3 Å². The summed E-state index contributed by atoms with van der Waals surface area (Å²) < 4.78 is 17.5. The molecule has 3 heterocycles. The third kappa shape index (κ3) is 6.14. The number of benzene rings is 3. The predicted octanol–water partition coefficient (Wildman–Crippen LogP) is 6.95. The maximum atomic E-state index is 13.2. The molecule has 1 saturated heterocycles. The molecule has 0 saturated carbocycles. The number of methoxy groups -OCH3 is 1. The van der Waals surface area contributed by atoms with Crippen molar-refractivity contribution in [1.29, 1.82) is 0 Å². The first-order chi connectivity index (χ1) is 21.4. The van der Waals surface area contributed by atoms with Gasteiger partial charge in [-0.1, -0.05) is 36.4 Å². The molecule has 0 aliphatic carbocycles. The molecule has 1 aliphatic heterocycles. The number of amides is 1. The summed E-state index contributed by atoms with van der Waals surface area (Å²) in [7, 11) is 1.65. The number of fused-ring (bicyclic) bond motifs is 1. The summed E-state index contributed by atoms with van der Waals surface area (Å²) in [5, 5.41) is 13.0. The van der Waals surface area contributed by atoms with Crippen molar-refractivity contribution in [3.63, 3.8) is 0 Å². The molecule has 44 heavy (non-hydrogen) atoms. The number of hydrogen-bond acceptors (Lipinski definition) is 7. The van der Waals surface area contributed by atoms with Crippen LogP contribution < -0.4 is 15.0 Å². The number of furan rings is 1. The maximum Gasteiger partial charge on any atom is 0.335 e. The van der Waals surface area contributed by atoms with Crippen LogP contribution in [-0.2, 0) is 11.3 Å². The predicted molar refractivity (Wildman–Crippen MR) is 169 cm³/mol. The second-order valence-electron chi connectivity index (χ2n) is 10.8. The Balaban J connectivity index is 1.05. The summed E-state index contributed by atoms with van der Waals surface area (Å²) in [6.07, 6.45) is 3.42. The van der Waals surface area contributed by atoms with Crippen LogP contribution in [0.1, 0.15) is 44.9 Å². The number of carbonyl (C=O) groups excluding carboxylic acids is 1. The van der Waals surface area contributed by atoms with E-state index in [4.69, 9.17) is 13.9 Å². The van der Waals surface area contributed by atoms with Crippen LogP contribution in [0.25, 0.3) is 22.1 Å². The normalized spacial score (nSPS) is 13.6. The van der Waals surface area contributed by atoms with E-state index < -0.39 is 5.97 Å². The number of anilines is 2. The standard InChI is InChI=1S/C35H33N3O6/c1-22-29-19-24(28-8-3-4-9-30(28)42-2)10-12-31(29)44-33(22)34(39)37-26-11-13-32(36-20-26)38-16-14-27(15-17-38)43-21-23-6-5-7-25(18-23)35(40)41/h3-13,18-20,27H,14-17,21H2,1-2H3,(H,37,39)(H,40,41). The highest BCUT2D eigenvalue weighted by Gasteiger charge is 2.22. The second kappa shape index (κ2) is 12.6. The highest BCUT2D eigenvalue weighted by molar-refractivity contribution is 6.06. The van der Waals surface area contributed by atoms with Crippen molar-refractivity contribution >= 4 is 34.4 Å². The van der Waals surface area contributed by atoms with Crippen molar-refractivity contribution in [2.24, 2.45) is 0 Å². The van der Waals surface area contributed by atoms with Gasteiger partial charge in [0.25, 0.3) is 5.91 Å². The van der Waals surface area contributed by atoms with E-state index in [1.54, 1.807) is 31.5 Å². The molecule has 0 radical (unpaired) electrons. The molecule has 2 aromatic heterocycles. The van der Waals surface area contributed by atoms with Gasteiger partial charge in [0.2, 0.25) is 0 Å². The van der Waals surface area contributed by atoms with E-state index in [1.807, 2.05) is 67.6 Å². The topological polar surface area (TPSA) is 114 Å². The number of pyridine rings is 1. The molecule has 1 amide bonds. The lowest BCUT2D eigenvalue weighted by Crippen LogP contribution is -2.37. The fraction of sp³-hybridized carbons (Fsp3) is 0.229. The molecule has 0 bridgehead atoms. The van der Waals surface area contributed by atoms with E-state index in [0.717, 1.165) is 65.1 Å². The average Bonchev–Trinajstić information content (AvgIpc) is 3.40. The van der Waals surface area contributed by atoms with Crippen molar-refractivity contribution in [3.8, 4) is 16.9 Å². The third-order valence-corrected chi connectivity index (χ3v) is 7.99. The molecular formula is C35H33N3O6.